The van der Waals surface area contributed by atoms with Gasteiger partial charge >= 0.3 is 0 Å². The summed E-state index contributed by atoms with van der Waals surface area (Å²) in [5, 5.41) is 1.60. The highest BCUT2D eigenvalue weighted by Gasteiger charge is 2.22. The van der Waals surface area contributed by atoms with E-state index in [0.717, 1.165) is 19.6 Å². The number of amides is 1. The predicted octanol–water partition coefficient (Wildman–Crippen LogP) is 4.14. The van der Waals surface area contributed by atoms with Crippen LogP contribution in [0, 0.1) is 5.92 Å². The normalized spacial score (nSPS) is 14.8. The average Bonchev–Trinajstić information content (AvgIpc) is 2.81. The molecule has 0 spiro atoms. The molecule has 1 aliphatic heterocycles. The van der Waals surface area contributed by atoms with E-state index in [-0.39, 0.29) is 23.1 Å². The van der Waals surface area contributed by atoms with Crippen LogP contribution >= 0.6 is 23.4 Å². The van der Waals surface area contributed by atoms with Crippen molar-refractivity contribution in [2.24, 2.45) is 5.92 Å². The molecular weight excluding hydrogens is 456 g/mol. The van der Waals surface area contributed by atoms with Crippen molar-refractivity contribution < 1.29 is 4.79 Å². The number of carbonyl (C=O) groups is 1. The van der Waals surface area contributed by atoms with Gasteiger partial charge in [0.05, 0.1) is 16.7 Å². The molecule has 4 rings (SSSR count). The Balaban J connectivity index is 1.41. The van der Waals surface area contributed by atoms with Crippen LogP contribution in [0.1, 0.15) is 19.4 Å². The molecule has 8 heteroatoms. The molecular formula is C25H29ClN4O2S. The molecule has 1 amide bonds. The SMILES string of the molecule is CC(C)Cn1c(SCC(=O)N2CCN(Cc3ccccc3)CC2)nc2ccc(Cl)cc2c1=O. The van der Waals surface area contributed by atoms with E-state index in [2.05, 4.69) is 43.0 Å². The minimum absolute atomic E-state index is 0.0842. The van der Waals surface area contributed by atoms with Gasteiger partial charge in [-0.05, 0) is 29.7 Å². The first-order valence-corrected chi connectivity index (χ1v) is 12.6. The molecule has 0 bridgehead atoms. The zero-order valence-corrected chi connectivity index (χ0v) is 20.6. The molecule has 0 radical (unpaired) electrons. The molecule has 2 heterocycles. The minimum Gasteiger partial charge on any atom is -0.339 e. The summed E-state index contributed by atoms with van der Waals surface area (Å²) < 4.78 is 1.68. The molecule has 174 valence electrons. The quantitative estimate of drug-likeness (QED) is 0.372. The third-order valence-corrected chi connectivity index (χ3v) is 6.92. The van der Waals surface area contributed by atoms with Crippen molar-refractivity contribution in [1.82, 2.24) is 19.4 Å². The second-order valence-corrected chi connectivity index (χ2v) is 10.2. The lowest BCUT2D eigenvalue weighted by atomic mass is 10.2. The highest BCUT2D eigenvalue weighted by molar-refractivity contribution is 7.99. The first-order valence-electron chi connectivity index (χ1n) is 11.3. The summed E-state index contributed by atoms with van der Waals surface area (Å²) in [6.45, 7) is 8.72. The topological polar surface area (TPSA) is 58.4 Å². The van der Waals surface area contributed by atoms with Crippen LogP contribution in [0.4, 0.5) is 0 Å². The van der Waals surface area contributed by atoms with E-state index in [1.165, 1.54) is 17.3 Å². The smallest absolute Gasteiger partial charge is 0.262 e. The summed E-state index contributed by atoms with van der Waals surface area (Å²) in [5.74, 6) is 0.622. The first kappa shape index (κ1) is 23.8. The van der Waals surface area contributed by atoms with Gasteiger partial charge in [0.1, 0.15) is 0 Å². The van der Waals surface area contributed by atoms with Crippen molar-refractivity contribution in [3.63, 3.8) is 0 Å². The van der Waals surface area contributed by atoms with Crippen LogP contribution in [0.2, 0.25) is 5.02 Å². The van der Waals surface area contributed by atoms with Crippen LogP contribution in [0.3, 0.4) is 0 Å². The minimum atomic E-state index is -0.110. The van der Waals surface area contributed by atoms with Gasteiger partial charge in [0.2, 0.25) is 5.91 Å². The number of nitrogens with zero attached hydrogens (tertiary/aromatic N) is 4. The van der Waals surface area contributed by atoms with Gasteiger partial charge in [0, 0.05) is 44.3 Å². The Bertz CT molecular complexity index is 1170. The fourth-order valence-corrected chi connectivity index (χ4v) is 5.11. The van der Waals surface area contributed by atoms with Gasteiger partial charge < -0.3 is 4.90 Å². The first-order chi connectivity index (χ1) is 15.9. The number of hydrogen-bond acceptors (Lipinski definition) is 5. The number of rotatable bonds is 7. The summed E-state index contributed by atoms with van der Waals surface area (Å²) in [4.78, 5) is 35.0. The second-order valence-electron chi connectivity index (χ2n) is 8.80. The summed E-state index contributed by atoms with van der Waals surface area (Å²) in [6, 6.07) is 15.6. The number of thioether (sulfide) groups is 1. The Hall–Kier alpha value is -2.35. The van der Waals surface area contributed by atoms with E-state index in [4.69, 9.17) is 16.6 Å². The van der Waals surface area contributed by atoms with Gasteiger partial charge in [-0.15, -0.1) is 0 Å². The van der Waals surface area contributed by atoms with Gasteiger partial charge in [0.15, 0.2) is 5.16 Å². The van der Waals surface area contributed by atoms with Gasteiger partial charge in [-0.25, -0.2) is 4.98 Å². The Morgan fingerprint density at radius 1 is 1.09 bits per heavy atom. The standard InChI is InChI=1S/C25H29ClN4O2S/c1-18(2)15-30-24(32)21-14-20(26)8-9-22(21)27-25(30)33-17-23(31)29-12-10-28(11-13-29)16-19-6-4-3-5-7-19/h3-9,14,18H,10-13,15-17H2,1-2H3. The number of fused-ring (bicyclic) bond motifs is 1. The molecule has 2 aromatic carbocycles. The number of carbonyl (C=O) groups excluding carboxylic acids is 1. The van der Waals surface area contributed by atoms with E-state index in [1.807, 2.05) is 11.0 Å². The van der Waals surface area contributed by atoms with E-state index in [0.29, 0.717) is 40.7 Å². The van der Waals surface area contributed by atoms with Crippen molar-refractivity contribution >= 4 is 40.2 Å². The van der Waals surface area contributed by atoms with Gasteiger partial charge in [-0.3, -0.25) is 19.1 Å². The average molecular weight is 485 g/mol. The van der Waals surface area contributed by atoms with E-state index >= 15 is 0 Å². The van der Waals surface area contributed by atoms with Gasteiger partial charge in [-0.1, -0.05) is 67.5 Å². The fraction of sp³-hybridized carbons (Fsp3) is 0.400. The van der Waals surface area contributed by atoms with Crippen LogP contribution < -0.4 is 5.56 Å². The molecule has 33 heavy (non-hydrogen) atoms. The Morgan fingerprint density at radius 2 is 1.82 bits per heavy atom. The fourth-order valence-electron chi connectivity index (χ4n) is 4.02. The maximum Gasteiger partial charge on any atom is 0.262 e. The summed E-state index contributed by atoms with van der Waals surface area (Å²) in [5.41, 5.74) is 1.79. The van der Waals surface area contributed by atoms with Crippen LogP contribution in [0.5, 0.6) is 0 Å². The monoisotopic (exact) mass is 484 g/mol. The molecule has 6 nitrogen and oxygen atoms in total. The zero-order valence-electron chi connectivity index (χ0n) is 19.0. The molecule has 0 saturated carbocycles. The second kappa shape index (κ2) is 10.7. The van der Waals surface area contributed by atoms with Crippen molar-refractivity contribution in [2.75, 3.05) is 31.9 Å². The number of hydrogen-bond donors (Lipinski definition) is 0. The Labute approximate surface area is 203 Å². The third kappa shape index (κ3) is 5.96. The Kier molecular flexibility index (Phi) is 7.73. The lowest BCUT2D eigenvalue weighted by molar-refractivity contribution is -0.130. The predicted molar refractivity (Wildman–Crippen MR) is 135 cm³/mol. The van der Waals surface area contributed by atoms with Crippen molar-refractivity contribution in [3.8, 4) is 0 Å². The lowest BCUT2D eigenvalue weighted by Gasteiger charge is -2.34. The summed E-state index contributed by atoms with van der Waals surface area (Å²) in [6.07, 6.45) is 0. The maximum atomic E-state index is 13.1. The largest absolute Gasteiger partial charge is 0.339 e. The van der Waals surface area contributed by atoms with E-state index in [1.54, 1.807) is 22.8 Å². The van der Waals surface area contributed by atoms with Crippen LogP contribution in [0.15, 0.2) is 58.5 Å². The Morgan fingerprint density at radius 3 is 2.52 bits per heavy atom. The zero-order chi connectivity index (χ0) is 23.4. The van der Waals surface area contributed by atoms with Gasteiger partial charge in [0.25, 0.3) is 5.56 Å². The number of piperazine rings is 1. The number of aromatic nitrogens is 2. The van der Waals surface area contributed by atoms with E-state index < -0.39 is 0 Å². The van der Waals surface area contributed by atoms with Crippen molar-refractivity contribution in [1.29, 1.82) is 0 Å². The molecule has 0 aliphatic carbocycles. The third-order valence-electron chi connectivity index (χ3n) is 5.73. The summed E-state index contributed by atoms with van der Waals surface area (Å²) in [7, 11) is 0. The molecule has 1 aliphatic rings. The summed E-state index contributed by atoms with van der Waals surface area (Å²) >= 11 is 7.44. The lowest BCUT2D eigenvalue weighted by Crippen LogP contribution is -2.48. The number of halogens is 1. The molecule has 1 saturated heterocycles. The highest BCUT2D eigenvalue weighted by atomic mass is 35.5. The van der Waals surface area contributed by atoms with E-state index in [9.17, 15) is 9.59 Å². The highest BCUT2D eigenvalue weighted by Crippen LogP contribution is 2.22. The molecule has 0 atom stereocenters. The molecule has 0 unspecified atom stereocenters. The molecule has 3 aromatic rings. The number of benzene rings is 2. The molecule has 1 fully saturated rings. The van der Waals surface area contributed by atoms with Gasteiger partial charge in [-0.2, -0.15) is 0 Å². The van der Waals surface area contributed by atoms with Crippen molar-refractivity contribution in [2.45, 2.75) is 32.1 Å². The molecule has 0 N–H and O–H groups in total. The maximum absolute atomic E-state index is 13.1. The van der Waals surface area contributed by atoms with Crippen LogP contribution in [-0.2, 0) is 17.9 Å². The van der Waals surface area contributed by atoms with Crippen molar-refractivity contribution in [3.05, 3.63) is 69.5 Å². The van der Waals surface area contributed by atoms with Crippen LogP contribution in [-0.4, -0.2) is 57.2 Å². The molecule has 1 aromatic heterocycles. The van der Waals surface area contributed by atoms with Crippen LogP contribution in [0.25, 0.3) is 10.9 Å².